The maximum atomic E-state index is 13.1. The standard InChI is InChI=1S/C28H46O7/c1-7-28(5,6)27(32)35-23-13-19(26(31)33-16(2)3)12-18-9-8-17(4)22(25(18)23)11-10-21-14-20(29)15-24(30)34-21/h16-23,25,29H,7-15H2,1-6H3/t17-,18-,19-,20+,21+,22-,23-,25-/m0/s1. The highest BCUT2D eigenvalue weighted by molar-refractivity contribution is 5.76. The lowest BCUT2D eigenvalue weighted by atomic mass is 9.57. The van der Waals surface area contributed by atoms with Crippen molar-refractivity contribution < 1.29 is 33.7 Å². The van der Waals surface area contributed by atoms with Gasteiger partial charge in [-0.1, -0.05) is 20.3 Å². The quantitative estimate of drug-likeness (QED) is 0.381. The van der Waals surface area contributed by atoms with E-state index in [9.17, 15) is 19.5 Å². The van der Waals surface area contributed by atoms with E-state index in [2.05, 4.69) is 6.92 Å². The van der Waals surface area contributed by atoms with E-state index in [1.54, 1.807) is 0 Å². The molecule has 1 N–H and O–H groups in total. The van der Waals surface area contributed by atoms with Gasteiger partial charge in [0.15, 0.2) is 0 Å². The SMILES string of the molecule is CCC(C)(C)C(=O)O[C@H]1C[C@@H](C(=O)OC(C)C)C[C@@H]2CC[C@H](C)[C@H](CC[C@@H]3C[C@@H](O)CC(=O)O3)[C@H]21. The predicted molar refractivity (Wildman–Crippen MR) is 131 cm³/mol. The van der Waals surface area contributed by atoms with Crippen molar-refractivity contribution in [1.29, 1.82) is 0 Å². The maximum absolute atomic E-state index is 13.1. The predicted octanol–water partition coefficient (Wildman–Crippen LogP) is 4.82. The van der Waals surface area contributed by atoms with Gasteiger partial charge in [-0.2, -0.15) is 0 Å². The molecule has 1 aliphatic heterocycles. The van der Waals surface area contributed by atoms with Crippen LogP contribution in [0.3, 0.4) is 0 Å². The molecule has 8 atom stereocenters. The van der Waals surface area contributed by atoms with Crippen molar-refractivity contribution in [3.8, 4) is 0 Å². The highest BCUT2D eigenvalue weighted by atomic mass is 16.6. The molecule has 0 aromatic heterocycles. The number of carbonyl (C=O) groups excluding carboxylic acids is 3. The number of hydrogen-bond donors (Lipinski definition) is 1. The fourth-order valence-electron chi connectivity index (χ4n) is 6.35. The van der Waals surface area contributed by atoms with Crippen LogP contribution in [-0.4, -0.2) is 47.4 Å². The Morgan fingerprint density at radius 2 is 1.86 bits per heavy atom. The van der Waals surface area contributed by atoms with Crippen molar-refractivity contribution in [3.63, 3.8) is 0 Å². The normalized spacial score (nSPS) is 35.7. The Morgan fingerprint density at radius 3 is 2.49 bits per heavy atom. The summed E-state index contributed by atoms with van der Waals surface area (Å²) in [7, 11) is 0. The number of carbonyl (C=O) groups is 3. The summed E-state index contributed by atoms with van der Waals surface area (Å²) in [6.07, 6.45) is 4.70. The molecule has 1 saturated heterocycles. The van der Waals surface area contributed by atoms with E-state index in [1.165, 1.54) is 0 Å². The first kappa shape index (κ1) is 27.9. The molecule has 0 bridgehead atoms. The molecule has 200 valence electrons. The summed E-state index contributed by atoms with van der Waals surface area (Å²) in [5.41, 5.74) is -0.580. The number of rotatable bonds is 8. The van der Waals surface area contributed by atoms with Crippen molar-refractivity contribution in [2.75, 3.05) is 0 Å². The zero-order valence-corrected chi connectivity index (χ0v) is 22.5. The van der Waals surface area contributed by atoms with E-state index in [-0.39, 0.29) is 60.4 Å². The first-order valence-corrected chi connectivity index (χ1v) is 13.7. The molecule has 3 aliphatic rings. The third-order valence-corrected chi connectivity index (χ3v) is 8.73. The Morgan fingerprint density at radius 1 is 1.14 bits per heavy atom. The van der Waals surface area contributed by atoms with Crippen molar-refractivity contribution in [2.45, 2.75) is 124 Å². The third kappa shape index (κ3) is 6.99. The lowest BCUT2D eigenvalue weighted by Gasteiger charge is -2.50. The molecule has 3 rings (SSSR count). The minimum atomic E-state index is -0.634. The molecule has 0 aromatic carbocycles. The summed E-state index contributed by atoms with van der Waals surface area (Å²) in [6, 6.07) is 0. The van der Waals surface area contributed by atoms with Gasteiger partial charge in [0, 0.05) is 12.3 Å². The van der Waals surface area contributed by atoms with Crippen molar-refractivity contribution in [3.05, 3.63) is 0 Å². The zero-order chi connectivity index (χ0) is 25.9. The largest absolute Gasteiger partial charge is 0.463 e. The van der Waals surface area contributed by atoms with Gasteiger partial charge in [0.1, 0.15) is 12.2 Å². The number of esters is 3. The summed E-state index contributed by atoms with van der Waals surface area (Å²) in [5, 5.41) is 10.0. The molecule has 0 aromatic rings. The van der Waals surface area contributed by atoms with Crippen LogP contribution in [0.15, 0.2) is 0 Å². The van der Waals surface area contributed by atoms with Gasteiger partial charge in [-0.25, -0.2) is 0 Å². The van der Waals surface area contributed by atoms with Crippen LogP contribution < -0.4 is 0 Å². The van der Waals surface area contributed by atoms with Crippen LogP contribution in [-0.2, 0) is 28.6 Å². The summed E-state index contributed by atoms with van der Waals surface area (Å²) in [6.45, 7) is 11.8. The molecule has 35 heavy (non-hydrogen) atoms. The number of aliphatic hydroxyl groups is 1. The van der Waals surface area contributed by atoms with Crippen LogP contribution in [0, 0.1) is 35.0 Å². The Bertz CT molecular complexity index is 760. The summed E-state index contributed by atoms with van der Waals surface area (Å²) < 4.78 is 17.3. The molecule has 2 aliphatic carbocycles. The average molecular weight is 495 g/mol. The highest BCUT2D eigenvalue weighted by Crippen LogP contribution is 2.51. The van der Waals surface area contributed by atoms with Crippen LogP contribution in [0.1, 0.15) is 99.3 Å². The van der Waals surface area contributed by atoms with E-state index >= 15 is 0 Å². The molecular formula is C28H46O7. The average Bonchev–Trinajstić information content (AvgIpc) is 2.77. The lowest BCUT2D eigenvalue weighted by Crippen LogP contribution is -2.50. The van der Waals surface area contributed by atoms with Gasteiger partial charge in [0.25, 0.3) is 0 Å². The molecule has 3 fully saturated rings. The molecule has 1 heterocycles. The second kappa shape index (κ2) is 11.6. The van der Waals surface area contributed by atoms with Crippen LogP contribution in [0.2, 0.25) is 0 Å². The Balaban J connectivity index is 1.80. The van der Waals surface area contributed by atoms with Crippen LogP contribution >= 0.6 is 0 Å². The van der Waals surface area contributed by atoms with Crippen LogP contribution in [0.5, 0.6) is 0 Å². The molecule has 0 amide bonds. The van der Waals surface area contributed by atoms with E-state index in [0.717, 1.165) is 25.7 Å². The maximum Gasteiger partial charge on any atom is 0.311 e. The summed E-state index contributed by atoms with van der Waals surface area (Å²) in [4.78, 5) is 37.8. The second-order valence-corrected chi connectivity index (χ2v) is 12.2. The number of fused-ring (bicyclic) bond motifs is 1. The number of ether oxygens (including phenoxy) is 3. The fourth-order valence-corrected chi connectivity index (χ4v) is 6.35. The molecule has 0 spiro atoms. The molecule has 0 radical (unpaired) electrons. The number of hydrogen-bond acceptors (Lipinski definition) is 7. The van der Waals surface area contributed by atoms with E-state index in [1.807, 2.05) is 34.6 Å². The Kier molecular flexibility index (Phi) is 9.27. The van der Waals surface area contributed by atoms with Crippen molar-refractivity contribution >= 4 is 17.9 Å². The smallest absolute Gasteiger partial charge is 0.311 e. The van der Waals surface area contributed by atoms with Gasteiger partial charge in [-0.05, 0) is 84.0 Å². The monoisotopic (exact) mass is 494 g/mol. The topological polar surface area (TPSA) is 99.1 Å². The van der Waals surface area contributed by atoms with Crippen LogP contribution in [0.4, 0.5) is 0 Å². The van der Waals surface area contributed by atoms with Gasteiger partial charge in [-0.15, -0.1) is 0 Å². The minimum absolute atomic E-state index is 0.0696. The summed E-state index contributed by atoms with van der Waals surface area (Å²) in [5.74, 6) is 0.219. The molecule has 2 saturated carbocycles. The molecule has 7 heteroatoms. The van der Waals surface area contributed by atoms with Gasteiger partial charge < -0.3 is 19.3 Å². The van der Waals surface area contributed by atoms with Crippen LogP contribution in [0.25, 0.3) is 0 Å². The first-order valence-electron chi connectivity index (χ1n) is 13.7. The third-order valence-electron chi connectivity index (χ3n) is 8.73. The summed E-state index contributed by atoms with van der Waals surface area (Å²) >= 11 is 0. The molecule has 7 nitrogen and oxygen atoms in total. The van der Waals surface area contributed by atoms with Gasteiger partial charge >= 0.3 is 17.9 Å². The highest BCUT2D eigenvalue weighted by Gasteiger charge is 2.50. The van der Waals surface area contributed by atoms with E-state index in [4.69, 9.17) is 14.2 Å². The fraction of sp³-hybridized carbons (Fsp3) is 0.893. The Hall–Kier alpha value is -1.63. The van der Waals surface area contributed by atoms with Gasteiger partial charge in [0.05, 0.1) is 30.0 Å². The van der Waals surface area contributed by atoms with Gasteiger partial charge in [0.2, 0.25) is 0 Å². The van der Waals surface area contributed by atoms with Crippen molar-refractivity contribution in [2.24, 2.45) is 35.0 Å². The Labute approximate surface area is 210 Å². The van der Waals surface area contributed by atoms with Gasteiger partial charge in [-0.3, -0.25) is 14.4 Å². The number of aliphatic hydroxyl groups excluding tert-OH is 1. The lowest BCUT2D eigenvalue weighted by molar-refractivity contribution is -0.180. The van der Waals surface area contributed by atoms with E-state index in [0.29, 0.717) is 37.5 Å². The zero-order valence-electron chi connectivity index (χ0n) is 22.5. The number of cyclic esters (lactones) is 1. The van der Waals surface area contributed by atoms with Crippen molar-refractivity contribution in [1.82, 2.24) is 0 Å². The second-order valence-electron chi connectivity index (χ2n) is 12.2. The minimum Gasteiger partial charge on any atom is -0.463 e. The molecule has 0 unspecified atom stereocenters. The molecular weight excluding hydrogens is 448 g/mol. The van der Waals surface area contributed by atoms with E-state index < -0.39 is 11.5 Å². The first-order chi connectivity index (χ1) is 16.4.